The quantitative estimate of drug-likeness (QED) is 0.198. The molecule has 2 nitrogen and oxygen atoms in total. The number of aromatic nitrogens is 2. The van der Waals surface area contributed by atoms with Crippen molar-refractivity contribution in [3.8, 4) is 11.1 Å². The summed E-state index contributed by atoms with van der Waals surface area (Å²) in [6.45, 7) is 9.34. The fraction of sp³-hybridized carbons (Fsp3) is 0.400. The summed E-state index contributed by atoms with van der Waals surface area (Å²) in [5.41, 5.74) is 5.11. The van der Waals surface area contributed by atoms with Crippen LogP contribution in [0.5, 0.6) is 0 Å². The van der Waals surface area contributed by atoms with Gasteiger partial charge in [0.2, 0.25) is 0 Å². The van der Waals surface area contributed by atoms with Crippen LogP contribution in [0.15, 0.2) is 60.9 Å². The lowest BCUT2D eigenvalue weighted by Crippen LogP contribution is -2.17. The molecule has 0 fully saturated rings. The first-order valence-electron chi connectivity index (χ1n) is 13.0. The van der Waals surface area contributed by atoms with E-state index in [1.165, 1.54) is 72.2 Å². The first-order chi connectivity index (χ1) is 16.7. The maximum Gasteiger partial charge on any atom is 0.0708 e. The third kappa shape index (κ3) is 5.19. The molecule has 2 aromatic heterocycles. The summed E-state index contributed by atoms with van der Waals surface area (Å²) >= 11 is 0. The van der Waals surface area contributed by atoms with Crippen molar-refractivity contribution < 1.29 is 0 Å². The highest BCUT2D eigenvalue weighted by molar-refractivity contribution is 7.66. The lowest BCUT2D eigenvalue weighted by atomic mass is 9.96. The van der Waals surface area contributed by atoms with Gasteiger partial charge in [0.1, 0.15) is 0 Å². The van der Waals surface area contributed by atoms with Crippen LogP contribution in [0.3, 0.4) is 0 Å². The summed E-state index contributed by atoms with van der Waals surface area (Å²) in [5, 5.41) is 5.75. The fourth-order valence-electron chi connectivity index (χ4n) is 5.12. The molecule has 0 radical (unpaired) electrons. The second kappa shape index (κ2) is 12.2. The highest BCUT2D eigenvalue weighted by Crippen LogP contribution is 2.46. The molecule has 0 N–H and O–H groups in total. The summed E-state index contributed by atoms with van der Waals surface area (Å²) in [6.07, 6.45) is 14.0. The highest BCUT2D eigenvalue weighted by atomic mass is 31.1. The van der Waals surface area contributed by atoms with Gasteiger partial charge in [-0.1, -0.05) is 93.5 Å². The van der Waals surface area contributed by atoms with Gasteiger partial charge in [-0.3, -0.25) is 9.97 Å². The molecule has 34 heavy (non-hydrogen) atoms. The Morgan fingerprint density at radius 2 is 0.912 bits per heavy atom. The molecule has 0 aliphatic heterocycles. The Labute approximate surface area is 208 Å². The fourth-order valence-corrected chi connectivity index (χ4v) is 10.4. The van der Waals surface area contributed by atoms with Crippen LogP contribution in [-0.4, -0.2) is 34.6 Å². The lowest BCUT2D eigenvalue weighted by Gasteiger charge is -2.27. The molecule has 4 heteroatoms. The summed E-state index contributed by atoms with van der Waals surface area (Å²) in [7, 11) is -0.435. The van der Waals surface area contributed by atoms with E-state index in [2.05, 4.69) is 76.2 Å². The zero-order chi connectivity index (χ0) is 23.9. The number of fused-ring (bicyclic) bond motifs is 2. The van der Waals surface area contributed by atoms with Crippen molar-refractivity contribution in [3.63, 3.8) is 0 Å². The molecule has 2 aromatic carbocycles. The Balaban J connectivity index is 2.12. The maximum atomic E-state index is 4.78. The minimum atomic E-state index is -0.217. The molecule has 0 saturated carbocycles. The van der Waals surface area contributed by atoms with E-state index in [-0.39, 0.29) is 15.8 Å². The molecule has 4 rings (SSSR count). The van der Waals surface area contributed by atoms with E-state index in [4.69, 9.17) is 9.97 Å². The van der Waals surface area contributed by atoms with E-state index in [0.29, 0.717) is 0 Å². The van der Waals surface area contributed by atoms with Crippen molar-refractivity contribution in [2.45, 2.75) is 53.4 Å². The predicted molar refractivity (Wildman–Crippen MR) is 156 cm³/mol. The zero-order valence-corrected chi connectivity index (χ0v) is 23.0. The Morgan fingerprint density at radius 3 is 1.26 bits per heavy atom. The Bertz CT molecular complexity index is 1130. The molecule has 0 bridgehead atoms. The molecule has 4 aromatic rings. The van der Waals surface area contributed by atoms with Crippen LogP contribution in [-0.2, 0) is 0 Å². The normalized spacial score (nSPS) is 11.8. The van der Waals surface area contributed by atoms with Crippen LogP contribution in [0.4, 0.5) is 0 Å². The standard InChI is InChI=1S/C30H38N2P2/c1-5-19-33(20-6-2)27-15-13-25-23(11-9-17-31-25)29(27)30-24-12-10-18-32-26(24)14-16-28(30)34(21-7-3)22-8-4/h9-18H,5-8,19-22H2,1-4H3. The predicted octanol–water partition coefficient (Wildman–Crippen LogP) is 8.30. The van der Waals surface area contributed by atoms with Gasteiger partial charge in [0, 0.05) is 34.3 Å². The van der Waals surface area contributed by atoms with Crippen LogP contribution < -0.4 is 10.6 Å². The van der Waals surface area contributed by atoms with E-state index in [1.807, 2.05) is 12.4 Å². The monoisotopic (exact) mass is 488 g/mol. The number of nitrogens with zero attached hydrogens (tertiary/aromatic N) is 2. The number of rotatable bonds is 11. The number of hydrogen-bond acceptors (Lipinski definition) is 2. The van der Waals surface area contributed by atoms with Crippen LogP contribution in [0.1, 0.15) is 53.4 Å². The zero-order valence-electron chi connectivity index (χ0n) is 21.2. The largest absolute Gasteiger partial charge is 0.256 e. The van der Waals surface area contributed by atoms with Gasteiger partial charge in [0.25, 0.3) is 0 Å². The van der Waals surface area contributed by atoms with Crippen molar-refractivity contribution in [2.75, 3.05) is 24.6 Å². The van der Waals surface area contributed by atoms with Crippen molar-refractivity contribution in [1.29, 1.82) is 0 Å². The summed E-state index contributed by atoms with van der Waals surface area (Å²) in [5.74, 6) is 0. The van der Waals surface area contributed by atoms with Crippen LogP contribution in [0.25, 0.3) is 32.9 Å². The molecular weight excluding hydrogens is 450 g/mol. The van der Waals surface area contributed by atoms with Gasteiger partial charge in [-0.2, -0.15) is 0 Å². The molecule has 0 saturated heterocycles. The Hall–Kier alpha value is -1.88. The van der Waals surface area contributed by atoms with Gasteiger partial charge >= 0.3 is 0 Å². The van der Waals surface area contributed by atoms with E-state index in [0.717, 1.165) is 11.0 Å². The molecular formula is C30H38N2P2. The molecule has 0 aliphatic carbocycles. The molecule has 0 amide bonds. The van der Waals surface area contributed by atoms with Gasteiger partial charge in [-0.25, -0.2) is 0 Å². The first-order valence-corrected chi connectivity index (χ1v) is 16.4. The molecule has 0 spiro atoms. The van der Waals surface area contributed by atoms with Crippen LogP contribution in [0, 0.1) is 0 Å². The topological polar surface area (TPSA) is 25.8 Å². The van der Waals surface area contributed by atoms with E-state index >= 15 is 0 Å². The third-order valence-electron chi connectivity index (χ3n) is 6.43. The highest BCUT2D eigenvalue weighted by Gasteiger charge is 2.24. The molecule has 0 aliphatic rings. The minimum Gasteiger partial charge on any atom is -0.256 e. The Kier molecular flexibility index (Phi) is 9.04. The van der Waals surface area contributed by atoms with E-state index in [9.17, 15) is 0 Å². The van der Waals surface area contributed by atoms with Crippen molar-refractivity contribution >= 4 is 48.3 Å². The van der Waals surface area contributed by atoms with Gasteiger partial charge in [0.05, 0.1) is 11.0 Å². The van der Waals surface area contributed by atoms with Gasteiger partial charge in [-0.05, 0) is 59.5 Å². The maximum absolute atomic E-state index is 4.78. The van der Waals surface area contributed by atoms with Crippen LogP contribution in [0.2, 0.25) is 0 Å². The first kappa shape index (κ1) is 25.2. The Morgan fingerprint density at radius 1 is 0.529 bits per heavy atom. The molecule has 178 valence electrons. The van der Waals surface area contributed by atoms with E-state index in [1.54, 1.807) is 10.6 Å². The third-order valence-corrected chi connectivity index (χ3v) is 12.5. The number of pyridine rings is 2. The summed E-state index contributed by atoms with van der Waals surface area (Å²) < 4.78 is 0. The van der Waals surface area contributed by atoms with Crippen molar-refractivity contribution in [2.24, 2.45) is 0 Å². The second-order valence-corrected chi connectivity index (χ2v) is 13.9. The van der Waals surface area contributed by atoms with Crippen LogP contribution >= 0.6 is 15.8 Å². The smallest absolute Gasteiger partial charge is 0.0708 e. The average molecular weight is 489 g/mol. The number of hydrogen-bond donors (Lipinski definition) is 0. The lowest BCUT2D eigenvalue weighted by molar-refractivity contribution is 1.06. The van der Waals surface area contributed by atoms with Crippen molar-refractivity contribution in [3.05, 3.63) is 60.9 Å². The summed E-state index contributed by atoms with van der Waals surface area (Å²) in [4.78, 5) is 9.57. The van der Waals surface area contributed by atoms with Gasteiger partial charge in [-0.15, -0.1) is 0 Å². The van der Waals surface area contributed by atoms with Crippen molar-refractivity contribution in [1.82, 2.24) is 9.97 Å². The molecule has 0 unspecified atom stereocenters. The number of benzene rings is 2. The van der Waals surface area contributed by atoms with Gasteiger partial charge < -0.3 is 0 Å². The minimum absolute atomic E-state index is 0.217. The summed E-state index contributed by atoms with van der Waals surface area (Å²) in [6, 6.07) is 18.2. The van der Waals surface area contributed by atoms with Gasteiger partial charge in [0.15, 0.2) is 0 Å². The molecule has 0 atom stereocenters. The second-order valence-electron chi connectivity index (χ2n) is 9.03. The average Bonchev–Trinajstić information content (AvgIpc) is 2.87. The SMILES string of the molecule is CCCP(CCC)c1ccc2ncccc2c1-c1c(P(CCC)CCC)ccc2ncccc12. The molecule has 2 heterocycles. The van der Waals surface area contributed by atoms with E-state index < -0.39 is 0 Å².